The van der Waals surface area contributed by atoms with E-state index in [4.69, 9.17) is 0 Å². The molecule has 0 saturated heterocycles. The lowest BCUT2D eigenvalue weighted by Crippen LogP contribution is -2.38. The molecular weight excluding hydrogens is 283 g/mol. The minimum Gasteiger partial charge on any atom is -0.349 e. The molecule has 0 unspecified atom stereocenters. The van der Waals surface area contributed by atoms with E-state index in [0.29, 0.717) is 13.1 Å². The van der Waals surface area contributed by atoms with E-state index in [9.17, 15) is 4.39 Å². The number of nitrogens with zero attached hydrogens (tertiary/aromatic N) is 5. The van der Waals surface area contributed by atoms with E-state index in [1.807, 2.05) is 29.5 Å². The Morgan fingerprint density at radius 1 is 1.45 bits per heavy atom. The van der Waals surface area contributed by atoms with Gasteiger partial charge in [0.15, 0.2) is 11.8 Å². The number of aliphatic imine (C=N–C) groups is 1. The zero-order valence-electron chi connectivity index (χ0n) is 13.1. The van der Waals surface area contributed by atoms with Crippen LogP contribution in [0.4, 0.5) is 4.39 Å². The number of aromatic nitrogens is 3. The van der Waals surface area contributed by atoms with Crippen LogP contribution in [0.25, 0.3) is 0 Å². The van der Waals surface area contributed by atoms with Crippen molar-refractivity contribution >= 4 is 5.96 Å². The van der Waals surface area contributed by atoms with Gasteiger partial charge < -0.3 is 14.8 Å². The average Bonchev–Trinajstić information content (AvgIpc) is 2.95. The predicted molar refractivity (Wildman–Crippen MR) is 83.8 cm³/mol. The first-order valence-corrected chi connectivity index (χ1v) is 7.17. The van der Waals surface area contributed by atoms with Gasteiger partial charge in [0, 0.05) is 27.2 Å². The van der Waals surface area contributed by atoms with E-state index in [1.54, 1.807) is 19.4 Å². The molecule has 0 saturated carbocycles. The highest BCUT2D eigenvalue weighted by molar-refractivity contribution is 5.79. The number of hydrogen-bond acceptors (Lipinski definition) is 3. The molecule has 0 aliphatic rings. The Morgan fingerprint density at radius 3 is 2.95 bits per heavy atom. The van der Waals surface area contributed by atoms with Crippen molar-refractivity contribution < 1.29 is 4.39 Å². The molecule has 22 heavy (non-hydrogen) atoms. The summed E-state index contributed by atoms with van der Waals surface area (Å²) in [6.45, 7) is 3.96. The molecule has 1 N–H and O–H groups in total. The van der Waals surface area contributed by atoms with E-state index in [-0.39, 0.29) is 5.82 Å². The first kappa shape index (κ1) is 15.9. The van der Waals surface area contributed by atoms with Gasteiger partial charge in [-0.05, 0) is 24.6 Å². The van der Waals surface area contributed by atoms with Crippen LogP contribution >= 0.6 is 0 Å². The molecule has 1 aromatic heterocycles. The molecule has 0 aliphatic carbocycles. The number of halogens is 1. The summed E-state index contributed by atoms with van der Waals surface area (Å²) < 4.78 is 15.2. The van der Waals surface area contributed by atoms with E-state index in [0.717, 1.165) is 23.9 Å². The van der Waals surface area contributed by atoms with Crippen molar-refractivity contribution in [1.82, 2.24) is 25.0 Å². The van der Waals surface area contributed by atoms with E-state index >= 15 is 0 Å². The molecule has 7 heteroatoms. The van der Waals surface area contributed by atoms with Crippen LogP contribution in [0.5, 0.6) is 0 Å². The van der Waals surface area contributed by atoms with Crippen LogP contribution in [0.3, 0.4) is 0 Å². The van der Waals surface area contributed by atoms with Crippen molar-refractivity contribution in [1.29, 1.82) is 0 Å². The number of benzene rings is 1. The maximum absolute atomic E-state index is 13.2. The number of rotatable bonds is 5. The summed E-state index contributed by atoms with van der Waals surface area (Å²) in [7, 11) is 3.62. The fraction of sp³-hybridized carbons (Fsp3) is 0.400. The lowest BCUT2D eigenvalue weighted by molar-refractivity contribution is 0.472. The molecule has 0 fully saturated rings. The highest BCUT2D eigenvalue weighted by Gasteiger charge is 2.09. The van der Waals surface area contributed by atoms with Gasteiger partial charge in [-0.2, -0.15) is 0 Å². The predicted octanol–water partition coefficient (Wildman–Crippen LogP) is 1.64. The quantitative estimate of drug-likeness (QED) is 0.674. The van der Waals surface area contributed by atoms with Crippen molar-refractivity contribution in [3.8, 4) is 0 Å². The zero-order chi connectivity index (χ0) is 15.9. The number of aryl methyl sites for hydroxylation is 1. The lowest BCUT2D eigenvalue weighted by atomic mass is 10.2. The average molecular weight is 304 g/mol. The maximum atomic E-state index is 13.2. The minimum atomic E-state index is -0.232. The summed E-state index contributed by atoms with van der Waals surface area (Å²) in [6.07, 6.45) is 1.70. The third-order valence-electron chi connectivity index (χ3n) is 3.32. The highest BCUT2D eigenvalue weighted by Crippen LogP contribution is 2.06. The summed E-state index contributed by atoms with van der Waals surface area (Å²) >= 11 is 0. The summed E-state index contributed by atoms with van der Waals surface area (Å²) in [4.78, 5) is 6.17. The summed E-state index contributed by atoms with van der Waals surface area (Å²) in [5.41, 5.74) is 0.891. The van der Waals surface area contributed by atoms with Gasteiger partial charge in [-0.1, -0.05) is 12.1 Å². The Kier molecular flexibility index (Phi) is 5.46. The number of guanidine groups is 1. The molecule has 0 aliphatic heterocycles. The largest absolute Gasteiger partial charge is 0.349 e. The van der Waals surface area contributed by atoms with Crippen LogP contribution < -0.4 is 5.32 Å². The maximum Gasteiger partial charge on any atom is 0.194 e. The van der Waals surface area contributed by atoms with E-state index in [2.05, 4.69) is 20.5 Å². The molecular formula is C15H21FN6. The van der Waals surface area contributed by atoms with Crippen molar-refractivity contribution in [2.75, 3.05) is 14.1 Å². The Labute approximate surface area is 129 Å². The van der Waals surface area contributed by atoms with Crippen LogP contribution in [0.2, 0.25) is 0 Å². The van der Waals surface area contributed by atoms with Gasteiger partial charge in [0.2, 0.25) is 0 Å². The van der Waals surface area contributed by atoms with Gasteiger partial charge in [0.1, 0.15) is 12.1 Å². The molecule has 0 spiro atoms. The van der Waals surface area contributed by atoms with Gasteiger partial charge in [-0.15, -0.1) is 10.2 Å². The van der Waals surface area contributed by atoms with Crippen LogP contribution in [0.15, 0.2) is 35.6 Å². The smallest absolute Gasteiger partial charge is 0.194 e. The van der Waals surface area contributed by atoms with Crippen molar-refractivity contribution in [2.24, 2.45) is 4.99 Å². The number of hydrogen-bond donors (Lipinski definition) is 1. The lowest BCUT2D eigenvalue weighted by Gasteiger charge is -2.22. The Hall–Kier alpha value is -2.44. The Morgan fingerprint density at radius 2 is 2.27 bits per heavy atom. The molecule has 2 rings (SSSR count). The van der Waals surface area contributed by atoms with E-state index in [1.165, 1.54) is 12.1 Å². The highest BCUT2D eigenvalue weighted by atomic mass is 19.1. The molecule has 0 amide bonds. The number of nitrogens with one attached hydrogen (secondary N) is 1. The van der Waals surface area contributed by atoms with E-state index < -0.39 is 0 Å². The molecule has 2 aromatic rings. The summed E-state index contributed by atoms with van der Waals surface area (Å²) in [5, 5.41) is 11.2. The Balaban J connectivity index is 1.96. The van der Waals surface area contributed by atoms with Crippen molar-refractivity contribution in [3.63, 3.8) is 0 Å². The molecule has 0 bridgehead atoms. The summed E-state index contributed by atoms with van der Waals surface area (Å²) in [6, 6.07) is 6.56. The fourth-order valence-electron chi connectivity index (χ4n) is 2.21. The third kappa shape index (κ3) is 4.03. The Bertz CT molecular complexity index is 636. The van der Waals surface area contributed by atoms with Gasteiger partial charge >= 0.3 is 0 Å². The SMILES string of the molecule is CCn1cnnc1CNC(=NC)N(C)Cc1cccc(F)c1. The van der Waals surface area contributed by atoms with Crippen LogP contribution in [0, 0.1) is 5.82 Å². The molecule has 6 nitrogen and oxygen atoms in total. The second-order valence-corrected chi connectivity index (χ2v) is 4.92. The molecule has 1 aromatic carbocycles. The standard InChI is InChI=1S/C15H21FN6/c1-4-22-11-19-20-14(22)9-18-15(17-2)21(3)10-12-6-5-7-13(16)8-12/h5-8,11H,4,9-10H2,1-3H3,(H,17,18). The van der Waals surface area contributed by atoms with Crippen LogP contribution in [-0.2, 0) is 19.6 Å². The third-order valence-corrected chi connectivity index (χ3v) is 3.32. The first-order valence-electron chi connectivity index (χ1n) is 7.17. The fourth-order valence-corrected chi connectivity index (χ4v) is 2.21. The second kappa shape index (κ2) is 7.53. The van der Waals surface area contributed by atoms with Crippen LogP contribution in [0.1, 0.15) is 18.3 Å². The molecule has 0 radical (unpaired) electrons. The minimum absolute atomic E-state index is 0.232. The van der Waals surface area contributed by atoms with Crippen LogP contribution in [-0.4, -0.2) is 39.7 Å². The van der Waals surface area contributed by atoms with Crippen molar-refractivity contribution in [2.45, 2.75) is 26.6 Å². The molecule has 118 valence electrons. The second-order valence-electron chi connectivity index (χ2n) is 4.92. The molecule has 1 heterocycles. The molecule has 0 atom stereocenters. The van der Waals surface area contributed by atoms with Crippen molar-refractivity contribution in [3.05, 3.63) is 47.8 Å². The van der Waals surface area contributed by atoms with Gasteiger partial charge in [-0.3, -0.25) is 4.99 Å². The first-order chi connectivity index (χ1) is 10.6. The van der Waals surface area contributed by atoms with Gasteiger partial charge in [-0.25, -0.2) is 4.39 Å². The normalized spacial score (nSPS) is 11.5. The monoisotopic (exact) mass is 304 g/mol. The zero-order valence-corrected chi connectivity index (χ0v) is 13.1. The van der Waals surface area contributed by atoms with Gasteiger partial charge in [0.25, 0.3) is 0 Å². The topological polar surface area (TPSA) is 58.3 Å². The summed E-state index contributed by atoms with van der Waals surface area (Å²) in [5.74, 6) is 1.34. The van der Waals surface area contributed by atoms with Gasteiger partial charge in [0.05, 0.1) is 6.54 Å².